The van der Waals surface area contributed by atoms with Gasteiger partial charge in [-0.3, -0.25) is 19.2 Å². The number of fused-ring (bicyclic) bond motifs is 2. The van der Waals surface area contributed by atoms with Crippen LogP contribution in [0, 0.1) is 23.7 Å². The minimum atomic E-state index is -1.59. The molecular formula is C45H47N6O16S2-3. The predicted octanol–water partition coefficient (Wildman–Crippen LogP) is -1.73. The van der Waals surface area contributed by atoms with E-state index in [4.69, 9.17) is 5.11 Å². The topological polar surface area (TPSA) is 350 Å². The summed E-state index contributed by atoms with van der Waals surface area (Å²) in [7, 11) is 0. The van der Waals surface area contributed by atoms with E-state index >= 15 is 0 Å². The molecule has 22 nitrogen and oxygen atoms in total. The fraction of sp³-hybridized carbons (Fsp3) is 0.444. The third-order valence-corrected chi connectivity index (χ3v) is 16.2. The number of carbonyl (C=O) groups is 9. The lowest BCUT2D eigenvalue weighted by molar-refractivity contribution is -0.301. The van der Waals surface area contributed by atoms with Crippen LogP contribution in [0.5, 0.6) is 0 Å². The van der Waals surface area contributed by atoms with E-state index in [2.05, 4.69) is 16.0 Å². The Morgan fingerprint density at radius 3 is 1.71 bits per heavy atom. The van der Waals surface area contributed by atoms with Crippen molar-refractivity contribution in [3.05, 3.63) is 80.9 Å². The summed E-state index contributed by atoms with van der Waals surface area (Å²) in [5.41, 5.74) is 0.0820. The van der Waals surface area contributed by atoms with Gasteiger partial charge in [-0.15, -0.1) is 23.5 Å². The van der Waals surface area contributed by atoms with Crippen LogP contribution in [0.25, 0.3) is 0 Å². The van der Waals surface area contributed by atoms with Crippen LogP contribution in [0.3, 0.4) is 0 Å². The van der Waals surface area contributed by atoms with Crippen LogP contribution in [-0.4, -0.2) is 149 Å². The van der Waals surface area contributed by atoms with Crippen molar-refractivity contribution in [2.24, 2.45) is 23.7 Å². The van der Waals surface area contributed by atoms with E-state index < -0.39 is 95.1 Å². The second-order valence-corrected chi connectivity index (χ2v) is 20.3. The largest absolute Gasteiger partial charge is 0.545 e. The van der Waals surface area contributed by atoms with Crippen molar-refractivity contribution in [2.45, 2.75) is 87.4 Å². The fourth-order valence-electron chi connectivity index (χ4n) is 9.94. The third kappa shape index (κ3) is 9.62. The van der Waals surface area contributed by atoms with Gasteiger partial charge in [0.1, 0.15) is 17.8 Å². The third-order valence-electron chi connectivity index (χ3n) is 13.1. The molecule has 0 aliphatic carbocycles. The van der Waals surface area contributed by atoms with E-state index in [0.29, 0.717) is 28.5 Å². The zero-order chi connectivity index (χ0) is 50.5. The molecule has 368 valence electrons. The van der Waals surface area contributed by atoms with Gasteiger partial charge in [-0.05, 0) is 62.6 Å². The Morgan fingerprint density at radius 1 is 0.696 bits per heavy atom. The minimum Gasteiger partial charge on any atom is -0.545 e. The molecule has 6 aliphatic rings. The zero-order valence-corrected chi connectivity index (χ0v) is 38.9. The molecule has 2 aromatic rings. The molecule has 0 spiro atoms. The number of anilines is 2. The number of hydrogen-bond donors (Lipinski definition) is 7. The average molecular weight is 992 g/mol. The van der Waals surface area contributed by atoms with Crippen molar-refractivity contribution in [1.82, 2.24) is 20.0 Å². The van der Waals surface area contributed by atoms with E-state index in [1.807, 2.05) is 6.92 Å². The van der Waals surface area contributed by atoms with Gasteiger partial charge >= 0.3 is 11.9 Å². The van der Waals surface area contributed by atoms with Gasteiger partial charge in [-0.25, -0.2) is 9.59 Å². The molecule has 6 unspecified atom stereocenters. The Hall–Kier alpha value is -6.47. The summed E-state index contributed by atoms with van der Waals surface area (Å²) in [6.45, 7) is 6.90. The molecule has 6 heterocycles. The number of carboxylic acid groups (broad SMARTS) is 5. The molecule has 2 aromatic carbocycles. The molecule has 7 N–H and O–H groups in total. The molecule has 0 bridgehead atoms. The molecule has 8 rings (SSSR count). The lowest BCUT2D eigenvalue weighted by atomic mass is 9.79. The number of aromatic carboxylic acids is 2. The first-order valence-electron chi connectivity index (χ1n) is 21.8. The van der Waals surface area contributed by atoms with Crippen LogP contribution in [0.15, 0.2) is 69.7 Å². The number of likely N-dealkylation sites (tertiary alicyclic amines) is 1. The van der Waals surface area contributed by atoms with Crippen LogP contribution in [0.2, 0.25) is 0 Å². The molecule has 6 aliphatic heterocycles. The van der Waals surface area contributed by atoms with Crippen LogP contribution < -0.4 is 31.3 Å². The van der Waals surface area contributed by atoms with Crippen molar-refractivity contribution in [1.29, 1.82) is 0 Å². The lowest BCUT2D eigenvalue weighted by Crippen LogP contribution is -2.64. The van der Waals surface area contributed by atoms with Gasteiger partial charge in [0.25, 0.3) is 0 Å². The maximum Gasteiger partial charge on any atom is 0.353 e. The van der Waals surface area contributed by atoms with E-state index in [0.717, 1.165) is 21.6 Å². The summed E-state index contributed by atoms with van der Waals surface area (Å²) in [5, 5.41) is 81.2. The Labute approximate surface area is 401 Å². The number of nitrogens with one attached hydrogen (secondary N) is 3. The number of aliphatic hydroxyl groups excluding tert-OH is 2. The number of aliphatic hydroxyl groups is 2. The average Bonchev–Trinajstić information content (AvgIpc) is 4.04. The normalized spacial score (nSPS) is 28.7. The van der Waals surface area contributed by atoms with E-state index in [9.17, 15) is 73.8 Å². The summed E-state index contributed by atoms with van der Waals surface area (Å²) in [5.74, 6) is -9.22. The van der Waals surface area contributed by atoms with Gasteiger partial charge in [-0.1, -0.05) is 32.0 Å². The summed E-state index contributed by atoms with van der Waals surface area (Å²) in [4.78, 5) is 112. The first-order valence-corrected chi connectivity index (χ1v) is 23.5. The van der Waals surface area contributed by atoms with Crippen LogP contribution in [-0.2, 0) is 28.8 Å². The smallest absolute Gasteiger partial charge is 0.353 e. The summed E-state index contributed by atoms with van der Waals surface area (Å²) >= 11 is 2.42. The van der Waals surface area contributed by atoms with Crippen molar-refractivity contribution >= 4 is 88.5 Å². The number of rotatable bonds is 14. The highest BCUT2D eigenvalue weighted by Crippen LogP contribution is 2.53. The van der Waals surface area contributed by atoms with Gasteiger partial charge in [0.05, 0.1) is 65.4 Å². The summed E-state index contributed by atoms with van der Waals surface area (Å²) in [6, 6.07) is 8.63. The van der Waals surface area contributed by atoms with Crippen molar-refractivity contribution in [3.8, 4) is 0 Å². The summed E-state index contributed by atoms with van der Waals surface area (Å²) in [6.07, 6.45) is -2.97. The van der Waals surface area contributed by atoms with Gasteiger partial charge in [0.15, 0.2) is 0 Å². The molecule has 69 heavy (non-hydrogen) atoms. The lowest BCUT2D eigenvalue weighted by Gasteiger charge is -2.47. The Balaban J connectivity index is 0.000000205. The van der Waals surface area contributed by atoms with E-state index in [1.54, 1.807) is 19.1 Å². The quantitative estimate of drug-likeness (QED) is 0.103. The predicted molar refractivity (Wildman–Crippen MR) is 238 cm³/mol. The fourth-order valence-corrected chi connectivity index (χ4v) is 12.9. The molecule has 12 atom stereocenters. The second-order valence-electron chi connectivity index (χ2n) is 17.6. The number of amides is 5. The number of aliphatic carboxylic acids is 2. The number of β-lactam (4-membered cyclic amide) rings is 2. The second kappa shape index (κ2) is 19.9. The van der Waals surface area contributed by atoms with Crippen LogP contribution in [0.1, 0.15) is 61.3 Å². The van der Waals surface area contributed by atoms with Gasteiger partial charge in [-0.2, -0.15) is 0 Å². The number of carbonyl (C=O) groups excluding carboxylic acids is 7. The molecule has 4 saturated heterocycles. The zero-order valence-electron chi connectivity index (χ0n) is 37.2. The number of nitrogens with zero attached hydrogens (tertiary/aromatic N) is 3. The van der Waals surface area contributed by atoms with E-state index in [1.165, 1.54) is 66.9 Å². The highest BCUT2D eigenvalue weighted by molar-refractivity contribution is 8.04. The molecule has 24 heteroatoms. The standard InChI is InChI=1S/C23H25N3O9S.C22H25N3O7S/c1-9-16-15(10(2)27)20(29)26(16)17(22(32)33)18(9)36-13-7-14(25(8-13)23(34)35)19(28)24-12-5-3-4-11(6-12)21(30)31;1-9-16-15(10(2)26)20(28)25(16)17(22(31)32)18(9)33-13-7-14(23-8-13)19(27)24-12-5-3-4-11(6-12)21(29)30/h3-6,9-10,13-16,27H,7-8H2,1-2H3,(H,24,28)(H,30,31)(H,32,33)(H,34,35);3-6,9-10,13-16,23,26H,7-8H2,1-2H3,(H,24,27)(H,29,30)(H,31,32)/p-3/t9-,10-,13+,14+,15-,16-;/m1./s1. The highest BCUT2D eigenvalue weighted by Gasteiger charge is 2.61. The molecule has 0 aromatic heterocycles. The van der Waals surface area contributed by atoms with Crippen molar-refractivity contribution < 1.29 is 78.9 Å². The Bertz CT molecular complexity index is 2590. The Morgan fingerprint density at radius 2 is 1.20 bits per heavy atom. The monoisotopic (exact) mass is 991 g/mol. The van der Waals surface area contributed by atoms with Gasteiger partial charge < -0.3 is 80.8 Å². The summed E-state index contributed by atoms with van der Waals surface area (Å²) < 4.78 is 0. The Kier molecular flexibility index (Phi) is 14.5. The highest BCUT2D eigenvalue weighted by atomic mass is 32.2. The molecule has 5 amide bonds. The maximum atomic E-state index is 12.9. The van der Waals surface area contributed by atoms with Crippen LogP contribution in [0.4, 0.5) is 16.2 Å². The van der Waals surface area contributed by atoms with Crippen LogP contribution >= 0.6 is 23.5 Å². The van der Waals surface area contributed by atoms with Gasteiger partial charge in [0, 0.05) is 56.6 Å². The number of carboxylic acids is 4. The first kappa shape index (κ1) is 50.4. The number of thioether (sulfide) groups is 2. The number of benzene rings is 2. The van der Waals surface area contributed by atoms with Crippen molar-refractivity contribution in [2.75, 3.05) is 23.7 Å². The van der Waals surface area contributed by atoms with E-state index in [-0.39, 0.29) is 70.2 Å². The SMILES string of the molecule is CC(O)C1C(=O)N2C(C(=O)O)=C(SC3CNC(C(=O)Nc4cccc(C(=O)O)c4)C3)C(C)C12.C[C@@H](O)[C@H]1C(=O)N2C(C(=O)[O-])=C(S[C@H]3C[C@@H](C(=O)Nc4cccc(C(=O)[O-])c4)N(C(=O)[O-])C3)[C@H](C)[C@H]12. The maximum absolute atomic E-state index is 12.9. The van der Waals surface area contributed by atoms with Crippen molar-refractivity contribution in [3.63, 3.8) is 0 Å². The molecule has 0 radical (unpaired) electrons. The molecule has 4 fully saturated rings. The first-order chi connectivity index (χ1) is 32.5. The molecular weight excluding hydrogens is 945 g/mol. The number of hydrogen-bond acceptors (Lipinski definition) is 17. The minimum absolute atomic E-state index is 0.0135. The van der Waals surface area contributed by atoms with Gasteiger partial charge in [0.2, 0.25) is 23.6 Å². The molecule has 0 saturated carbocycles.